The van der Waals surface area contributed by atoms with E-state index in [1.54, 1.807) is 4.90 Å². The van der Waals surface area contributed by atoms with E-state index in [-0.39, 0.29) is 23.9 Å². The Morgan fingerprint density at radius 3 is 2.33 bits per heavy atom. The van der Waals surface area contributed by atoms with Gasteiger partial charge in [0.25, 0.3) is 0 Å². The number of piperazine rings is 1. The van der Waals surface area contributed by atoms with E-state index in [1.807, 2.05) is 0 Å². The van der Waals surface area contributed by atoms with Gasteiger partial charge in [-0.2, -0.15) is 4.31 Å². The lowest BCUT2D eigenvalue weighted by atomic mass is 10.2. The number of carbonyl (C=O) groups excluding carboxylic acids is 1. The van der Waals surface area contributed by atoms with E-state index in [4.69, 9.17) is 0 Å². The van der Waals surface area contributed by atoms with Gasteiger partial charge in [-0.3, -0.25) is 4.79 Å². The highest BCUT2D eigenvalue weighted by Crippen LogP contribution is 2.20. The van der Waals surface area contributed by atoms with Crippen molar-refractivity contribution >= 4 is 15.9 Å². The molecule has 1 heterocycles. The number of nitrogens with zero attached hydrogens (tertiary/aromatic N) is 2. The number of amides is 1. The molecule has 8 heteroatoms. The lowest BCUT2D eigenvalue weighted by Gasteiger charge is -2.34. The van der Waals surface area contributed by atoms with E-state index in [0.29, 0.717) is 25.6 Å². The van der Waals surface area contributed by atoms with Crippen molar-refractivity contribution < 1.29 is 22.0 Å². The lowest BCUT2D eigenvalue weighted by Crippen LogP contribution is -2.50. The first-order chi connectivity index (χ1) is 11.4. The van der Waals surface area contributed by atoms with Gasteiger partial charge in [0.2, 0.25) is 15.9 Å². The number of rotatable bonds is 6. The van der Waals surface area contributed by atoms with Gasteiger partial charge in [0.15, 0.2) is 11.6 Å². The molecule has 24 heavy (non-hydrogen) atoms. The fourth-order valence-electron chi connectivity index (χ4n) is 2.65. The van der Waals surface area contributed by atoms with Gasteiger partial charge in [0.05, 0.1) is 4.90 Å². The van der Waals surface area contributed by atoms with Crippen LogP contribution in [0, 0.1) is 11.6 Å². The summed E-state index contributed by atoms with van der Waals surface area (Å²) in [4.78, 5) is 13.4. The molecular weight excluding hydrogens is 338 g/mol. The Morgan fingerprint density at radius 2 is 1.75 bits per heavy atom. The van der Waals surface area contributed by atoms with Crippen molar-refractivity contribution in [1.29, 1.82) is 0 Å². The Kier molecular flexibility index (Phi) is 6.28. The van der Waals surface area contributed by atoms with Crippen LogP contribution in [0.2, 0.25) is 0 Å². The van der Waals surface area contributed by atoms with Gasteiger partial charge in [-0.15, -0.1) is 0 Å². The molecule has 1 saturated heterocycles. The summed E-state index contributed by atoms with van der Waals surface area (Å²) in [5.41, 5.74) is 0. The third kappa shape index (κ3) is 4.30. The van der Waals surface area contributed by atoms with Gasteiger partial charge in [0, 0.05) is 32.6 Å². The van der Waals surface area contributed by atoms with Crippen molar-refractivity contribution in [2.45, 2.75) is 37.5 Å². The van der Waals surface area contributed by atoms with Crippen molar-refractivity contribution in [3.63, 3.8) is 0 Å². The average molecular weight is 360 g/mol. The predicted molar refractivity (Wildman–Crippen MR) is 85.8 cm³/mol. The van der Waals surface area contributed by atoms with Crippen LogP contribution in [0.5, 0.6) is 0 Å². The number of carbonyl (C=O) groups is 1. The summed E-state index contributed by atoms with van der Waals surface area (Å²) in [5.74, 6) is -2.24. The summed E-state index contributed by atoms with van der Waals surface area (Å²) in [6.07, 6.45) is 3.34. The molecule has 0 aliphatic carbocycles. The zero-order chi connectivity index (χ0) is 17.7. The number of benzene rings is 1. The maximum atomic E-state index is 13.3. The van der Waals surface area contributed by atoms with Crippen LogP contribution in [0.1, 0.15) is 32.6 Å². The Labute approximate surface area is 141 Å². The van der Waals surface area contributed by atoms with E-state index in [2.05, 4.69) is 6.92 Å². The summed E-state index contributed by atoms with van der Waals surface area (Å²) in [5, 5.41) is 0. The summed E-state index contributed by atoms with van der Waals surface area (Å²) < 4.78 is 52.4. The second-order valence-electron chi connectivity index (χ2n) is 5.82. The molecule has 0 atom stereocenters. The number of hydrogen-bond acceptors (Lipinski definition) is 3. The highest BCUT2D eigenvalue weighted by molar-refractivity contribution is 7.89. The van der Waals surface area contributed by atoms with Crippen LogP contribution < -0.4 is 0 Å². The maximum Gasteiger partial charge on any atom is 0.243 e. The third-order valence-corrected chi connectivity index (χ3v) is 6.01. The first-order valence-electron chi connectivity index (χ1n) is 8.09. The van der Waals surface area contributed by atoms with Gasteiger partial charge < -0.3 is 4.90 Å². The van der Waals surface area contributed by atoms with Crippen LogP contribution in [-0.2, 0) is 14.8 Å². The molecule has 1 aliphatic heterocycles. The third-order valence-electron chi connectivity index (χ3n) is 4.11. The molecule has 1 aromatic rings. The quantitative estimate of drug-likeness (QED) is 0.732. The SMILES string of the molecule is CCCCCC(=O)N1CCN(S(=O)(=O)c2ccc(F)c(F)c2)CC1. The smallest absolute Gasteiger partial charge is 0.243 e. The minimum atomic E-state index is -3.88. The van der Waals surface area contributed by atoms with Crippen LogP contribution in [0.15, 0.2) is 23.1 Å². The molecule has 134 valence electrons. The second-order valence-corrected chi connectivity index (χ2v) is 7.76. The standard InChI is InChI=1S/C16H22F2N2O3S/c1-2-3-4-5-16(21)19-8-10-20(11-9-19)24(22,23)13-6-7-14(17)15(18)12-13/h6-7,12H,2-5,8-11H2,1H3. The number of unbranched alkanes of at least 4 members (excludes halogenated alkanes) is 2. The Morgan fingerprint density at radius 1 is 1.08 bits per heavy atom. The summed E-state index contributed by atoms with van der Waals surface area (Å²) in [7, 11) is -3.88. The lowest BCUT2D eigenvalue weighted by molar-refractivity contribution is -0.132. The Hall–Kier alpha value is -1.54. The van der Waals surface area contributed by atoms with Crippen molar-refractivity contribution in [2.24, 2.45) is 0 Å². The highest BCUT2D eigenvalue weighted by Gasteiger charge is 2.30. The first-order valence-corrected chi connectivity index (χ1v) is 9.53. The summed E-state index contributed by atoms with van der Waals surface area (Å²) in [6, 6.07) is 2.54. The van der Waals surface area contributed by atoms with Gasteiger partial charge in [0.1, 0.15) is 0 Å². The molecule has 0 N–H and O–H groups in total. The van der Waals surface area contributed by atoms with E-state index in [0.717, 1.165) is 31.4 Å². The number of sulfonamides is 1. The van der Waals surface area contributed by atoms with Crippen LogP contribution in [0.25, 0.3) is 0 Å². The van der Waals surface area contributed by atoms with Crippen LogP contribution >= 0.6 is 0 Å². The number of halogens is 2. The van der Waals surface area contributed by atoms with E-state index >= 15 is 0 Å². The highest BCUT2D eigenvalue weighted by atomic mass is 32.2. The largest absolute Gasteiger partial charge is 0.340 e. The Bertz CT molecular complexity index is 687. The van der Waals surface area contributed by atoms with Gasteiger partial charge in [-0.1, -0.05) is 19.8 Å². The van der Waals surface area contributed by atoms with Gasteiger partial charge in [-0.25, -0.2) is 17.2 Å². The minimum Gasteiger partial charge on any atom is -0.340 e. The molecule has 0 spiro atoms. The molecule has 2 rings (SSSR count). The molecule has 0 radical (unpaired) electrons. The Balaban J connectivity index is 1.98. The molecule has 1 aliphatic rings. The molecule has 1 amide bonds. The van der Waals surface area contributed by atoms with Gasteiger partial charge in [-0.05, 0) is 24.6 Å². The van der Waals surface area contributed by atoms with E-state index in [1.165, 1.54) is 4.31 Å². The predicted octanol–water partition coefficient (Wildman–Crippen LogP) is 2.38. The molecule has 1 fully saturated rings. The topological polar surface area (TPSA) is 57.7 Å². The normalized spacial score (nSPS) is 16.4. The minimum absolute atomic E-state index is 0.0355. The van der Waals surface area contributed by atoms with Gasteiger partial charge >= 0.3 is 0 Å². The molecular formula is C16H22F2N2O3S. The summed E-state index contributed by atoms with van der Waals surface area (Å²) >= 11 is 0. The monoisotopic (exact) mass is 360 g/mol. The van der Waals surface area contributed by atoms with Crippen molar-refractivity contribution in [3.05, 3.63) is 29.8 Å². The fourth-order valence-corrected chi connectivity index (χ4v) is 4.08. The average Bonchev–Trinajstić information content (AvgIpc) is 2.57. The molecule has 0 saturated carbocycles. The van der Waals surface area contributed by atoms with Crippen LogP contribution in [0.4, 0.5) is 8.78 Å². The summed E-state index contributed by atoms with van der Waals surface area (Å²) in [6.45, 7) is 3.00. The number of hydrogen-bond donors (Lipinski definition) is 0. The van der Waals surface area contributed by atoms with Crippen LogP contribution in [-0.4, -0.2) is 49.7 Å². The molecule has 0 bridgehead atoms. The molecule has 0 aromatic heterocycles. The maximum absolute atomic E-state index is 13.3. The van der Waals surface area contributed by atoms with Crippen molar-refractivity contribution in [1.82, 2.24) is 9.21 Å². The second kappa shape index (κ2) is 8.02. The van der Waals surface area contributed by atoms with Crippen molar-refractivity contribution in [3.8, 4) is 0 Å². The zero-order valence-electron chi connectivity index (χ0n) is 13.7. The fraction of sp³-hybridized carbons (Fsp3) is 0.562. The first kappa shape index (κ1) is 18.8. The molecule has 5 nitrogen and oxygen atoms in total. The van der Waals surface area contributed by atoms with Crippen LogP contribution in [0.3, 0.4) is 0 Å². The van der Waals surface area contributed by atoms with E-state index in [9.17, 15) is 22.0 Å². The molecule has 0 unspecified atom stereocenters. The molecule has 1 aromatic carbocycles. The zero-order valence-corrected chi connectivity index (χ0v) is 14.5. The van der Waals surface area contributed by atoms with Crippen molar-refractivity contribution in [2.75, 3.05) is 26.2 Å². The van der Waals surface area contributed by atoms with E-state index < -0.39 is 21.7 Å².